The number of carbonyl (C=O) groups excluding carboxylic acids is 1. The molecule has 4 aromatic rings. The molecular formula is C25H26N6O2. The van der Waals surface area contributed by atoms with Crippen LogP contribution in [0.2, 0.25) is 0 Å². The van der Waals surface area contributed by atoms with Gasteiger partial charge in [-0.15, -0.1) is 0 Å². The van der Waals surface area contributed by atoms with E-state index in [1.807, 2.05) is 56.3 Å². The zero-order chi connectivity index (χ0) is 23.0. The van der Waals surface area contributed by atoms with E-state index in [1.54, 1.807) is 23.2 Å². The summed E-state index contributed by atoms with van der Waals surface area (Å²) in [6.07, 6.45) is 5.76. The molecule has 0 bridgehead atoms. The molecule has 4 heterocycles. The number of hydrogen-bond acceptors (Lipinski definition) is 5. The second kappa shape index (κ2) is 8.20. The molecule has 8 nitrogen and oxygen atoms in total. The first-order chi connectivity index (χ1) is 15.9. The van der Waals surface area contributed by atoms with E-state index in [0.717, 1.165) is 27.9 Å². The molecule has 5 rings (SSSR count). The number of rotatable bonds is 6. The average Bonchev–Trinajstić information content (AvgIpc) is 3.36. The third-order valence-corrected chi connectivity index (χ3v) is 6.24. The Labute approximate surface area is 191 Å². The maximum Gasteiger partial charge on any atom is 0.294 e. The van der Waals surface area contributed by atoms with Gasteiger partial charge in [0, 0.05) is 52.8 Å². The van der Waals surface area contributed by atoms with Crippen LogP contribution < -0.4 is 16.2 Å². The zero-order valence-corrected chi connectivity index (χ0v) is 18.6. The van der Waals surface area contributed by atoms with Crippen molar-refractivity contribution in [3.63, 3.8) is 0 Å². The molecule has 0 saturated heterocycles. The van der Waals surface area contributed by atoms with Gasteiger partial charge in [-0.1, -0.05) is 44.2 Å². The van der Waals surface area contributed by atoms with E-state index in [0.29, 0.717) is 19.5 Å². The monoisotopic (exact) mass is 442 g/mol. The molecule has 1 aromatic carbocycles. The molecule has 1 aliphatic heterocycles. The molecule has 3 aromatic heterocycles. The lowest BCUT2D eigenvalue weighted by atomic mass is 9.87. The molecule has 1 aliphatic rings. The summed E-state index contributed by atoms with van der Waals surface area (Å²) in [6, 6.07) is 13.1. The molecule has 0 radical (unpaired) electrons. The lowest BCUT2D eigenvalue weighted by molar-refractivity contribution is -0.124. The Morgan fingerprint density at radius 3 is 2.79 bits per heavy atom. The van der Waals surface area contributed by atoms with Crippen LogP contribution in [0.3, 0.4) is 0 Å². The minimum atomic E-state index is -0.589. The number of H-pyrrole nitrogens is 1. The van der Waals surface area contributed by atoms with Crippen molar-refractivity contribution in [1.82, 2.24) is 24.8 Å². The van der Waals surface area contributed by atoms with Crippen molar-refractivity contribution in [2.24, 2.45) is 0 Å². The van der Waals surface area contributed by atoms with Crippen LogP contribution in [0.5, 0.6) is 0 Å². The number of aromatic nitrogens is 4. The van der Waals surface area contributed by atoms with E-state index in [-0.39, 0.29) is 22.7 Å². The van der Waals surface area contributed by atoms with Crippen molar-refractivity contribution in [3.8, 4) is 0 Å². The van der Waals surface area contributed by atoms with Crippen LogP contribution in [-0.2, 0) is 23.3 Å². The molecular weight excluding hydrogens is 416 g/mol. The maximum atomic E-state index is 13.3. The van der Waals surface area contributed by atoms with Crippen molar-refractivity contribution < 1.29 is 4.79 Å². The summed E-state index contributed by atoms with van der Waals surface area (Å²) in [5, 5.41) is 7.12. The normalized spacial score (nSPS) is 16.5. The lowest BCUT2D eigenvalue weighted by Crippen LogP contribution is -2.36. The van der Waals surface area contributed by atoms with Crippen LogP contribution in [-0.4, -0.2) is 25.4 Å². The second-order valence-electron chi connectivity index (χ2n) is 9.09. The smallest absolute Gasteiger partial charge is 0.294 e. The lowest BCUT2D eigenvalue weighted by Gasteiger charge is -2.17. The fourth-order valence-electron chi connectivity index (χ4n) is 4.50. The molecule has 168 valence electrons. The van der Waals surface area contributed by atoms with Gasteiger partial charge in [0.15, 0.2) is 5.82 Å². The van der Waals surface area contributed by atoms with Gasteiger partial charge in [-0.2, -0.15) is 0 Å². The van der Waals surface area contributed by atoms with Crippen molar-refractivity contribution in [2.45, 2.75) is 44.8 Å². The Morgan fingerprint density at radius 1 is 1.18 bits per heavy atom. The van der Waals surface area contributed by atoms with Crippen LogP contribution >= 0.6 is 0 Å². The minimum absolute atomic E-state index is 0.180. The molecule has 1 unspecified atom stereocenters. The molecule has 1 amide bonds. The number of aromatic amines is 1. The molecule has 0 spiro atoms. The fourth-order valence-corrected chi connectivity index (χ4v) is 4.50. The van der Waals surface area contributed by atoms with Crippen LogP contribution in [0, 0.1) is 0 Å². The van der Waals surface area contributed by atoms with Crippen molar-refractivity contribution in [2.75, 3.05) is 5.32 Å². The predicted octanol–water partition coefficient (Wildman–Crippen LogP) is 3.27. The van der Waals surface area contributed by atoms with Gasteiger partial charge in [0.2, 0.25) is 5.91 Å². The molecule has 1 atom stereocenters. The summed E-state index contributed by atoms with van der Waals surface area (Å²) in [5.41, 5.74) is 3.07. The van der Waals surface area contributed by atoms with Gasteiger partial charge in [-0.25, -0.2) is 4.98 Å². The second-order valence-corrected chi connectivity index (χ2v) is 9.09. The highest BCUT2D eigenvalue weighted by atomic mass is 16.2. The Kier molecular flexibility index (Phi) is 5.20. The minimum Gasteiger partial charge on any atom is -0.361 e. The predicted molar refractivity (Wildman–Crippen MR) is 127 cm³/mol. The Hall–Kier alpha value is -3.94. The number of anilines is 1. The topological polar surface area (TPSA) is 105 Å². The standard InChI is InChI=1S/C25H26N6O2/c1-25(2)11-20(23(32)29-14-18-10-17-13-26-9-8-19(17)30-18)31-21(25)15-28-22(24(31)33)27-12-16-6-4-3-5-7-16/h3-10,13,15,20,30H,11-12,14H2,1-2H3,(H,27,28)(H,29,32). The number of benzene rings is 1. The summed E-state index contributed by atoms with van der Waals surface area (Å²) in [7, 11) is 0. The molecule has 3 N–H and O–H groups in total. The van der Waals surface area contributed by atoms with Crippen LogP contribution in [0.1, 0.15) is 43.3 Å². The van der Waals surface area contributed by atoms with E-state index < -0.39 is 6.04 Å². The van der Waals surface area contributed by atoms with Crippen LogP contribution in [0.4, 0.5) is 5.82 Å². The number of fused-ring (bicyclic) bond motifs is 2. The molecule has 0 fully saturated rings. The van der Waals surface area contributed by atoms with Gasteiger partial charge in [-0.3, -0.25) is 19.1 Å². The van der Waals surface area contributed by atoms with E-state index in [1.165, 1.54) is 0 Å². The van der Waals surface area contributed by atoms with Gasteiger partial charge in [0.05, 0.1) is 6.54 Å². The highest BCUT2D eigenvalue weighted by Crippen LogP contribution is 2.39. The number of nitrogens with zero attached hydrogens (tertiary/aromatic N) is 3. The molecule has 33 heavy (non-hydrogen) atoms. The number of carbonyl (C=O) groups is 1. The summed E-state index contributed by atoms with van der Waals surface area (Å²) >= 11 is 0. The zero-order valence-electron chi connectivity index (χ0n) is 18.6. The van der Waals surface area contributed by atoms with Crippen molar-refractivity contribution in [3.05, 3.63) is 88.4 Å². The SMILES string of the molecule is CC1(C)CC(C(=O)NCc2cc3cnccc3[nH]2)n2c1cnc(NCc1ccccc1)c2=O. The summed E-state index contributed by atoms with van der Waals surface area (Å²) in [4.78, 5) is 38.3. The fraction of sp³-hybridized carbons (Fsp3) is 0.280. The first-order valence-electron chi connectivity index (χ1n) is 11.0. The Bertz CT molecular complexity index is 1340. The summed E-state index contributed by atoms with van der Waals surface area (Å²) in [6.45, 7) is 4.90. The third kappa shape index (κ3) is 4.00. The third-order valence-electron chi connectivity index (χ3n) is 6.24. The van der Waals surface area contributed by atoms with Gasteiger partial charge in [-0.05, 0) is 24.1 Å². The first kappa shape index (κ1) is 20.9. The molecule has 0 aliphatic carbocycles. The average molecular weight is 443 g/mol. The number of nitrogens with one attached hydrogen (secondary N) is 3. The number of hydrogen-bond donors (Lipinski definition) is 3. The van der Waals surface area contributed by atoms with E-state index in [2.05, 4.69) is 25.6 Å². The number of amides is 1. The maximum absolute atomic E-state index is 13.3. The summed E-state index contributed by atoms with van der Waals surface area (Å²) < 4.78 is 1.60. The molecule has 8 heteroatoms. The van der Waals surface area contributed by atoms with Crippen molar-refractivity contribution >= 4 is 22.6 Å². The van der Waals surface area contributed by atoms with E-state index in [4.69, 9.17) is 0 Å². The van der Waals surface area contributed by atoms with Crippen LogP contribution in [0.25, 0.3) is 10.9 Å². The quantitative estimate of drug-likeness (QED) is 0.425. The Morgan fingerprint density at radius 2 is 2.00 bits per heavy atom. The van der Waals surface area contributed by atoms with Crippen molar-refractivity contribution in [1.29, 1.82) is 0 Å². The highest BCUT2D eigenvalue weighted by molar-refractivity contribution is 5.82. The largest absolute Gasteiger partial charge is 0.361 e. The van der Waals surface area contributed by atoms with Gasteiger partial charge >= 0.3 is 0 Å². The Balaban J connectivity index is 1.36. The van der Waals surface area contributed by atoms with Gasteiger partial charge < -0.3 is 15.6 Å². The van der Waals surface area contributed by atoms with Gasteiger partial charge in [0.1, 0.15) is 6.04 Å². The van der Waals surface area contributed by atoms with Crippen LogP contribution in [0.15, 0.2) is 65.8 Å². The van der Waals surface area contributed by atoms with E-state index in [9.17, 15) is 9.59 Å². The number of pyridine rings is 1. The molecule has 0 saturated carbocycles. The summed E-state index contributed by atoms with van der Waals surface area (Å²) in [5.74, 6) is 0.0714. The highest BCUT2D eigenvalue weighted by Gasteiger charge is 2.41. The van der Waals surface area contributed by atoms with Gasteiger partial charge in [0.25, 0.3) is 5.56 Å². The first-order valence-corrected chi connectivity index (χ1v) is 11.0. The van der Waals surface area contributed by atoms with E-state index >= 15 is 0 Å².